The van der Waals surface area contributed by atoms with Gasteiger partial charge in [0.05, 0.1) is 4.90 Å². The van der Waals surface area contributed by atoms with Crippen molar-refractivity contribution in [3.8, 4) is 5.75 Å². The lowest BCUT2D eigenvalue weighted by molar-refractivity contribution is -0.0498. The third kappa shape index (κ3) is 5.50. The third-order valence-corrected chi connectivity index (χ3v) is 4.83. The number of amides is 1. The molecule has 0 atom stereocenters. The molecule has 9 heteroatoms. The number of nitrogens with one attached hydrogen (secondary N) is 2. The van der Waals surface area contributed by atoms with Gasteiger partial charge in [0.2, 0.25) is 10.0 Å². The Bertz CT molecular complexity index is 851. The van der Waals surface area contributed by atoms with Crippen molar-refractivity contribution < 1.29 is 26.7 Å². The Morgan fingerprint density at radius 3 is 2.08 bits per heavy atom. The van der Waals surface area contributed by atoms with Crippen LogP contribution in [0.3, 0.4) is 0 Å². The normalized spacial score (nSPS) is 11.6. The van der Waals surface area contributed by atoms with Crippen LogP contribution in [-0.4, -0.2) is 27.0 Å². The van der Waals surface area contributed by atoms with Gasteiger partial charge in [0.1, 0.15) is 5.75 Å². The number of hydrogen-bond donors (Lipinski definition) is 2. The Hall–Kier alpha value is -2.52. The number of benzene rings is 2. The first-order valence-electron chi connectivity index (χ1n) is 7.66. The Balaban J connectivity index is 2.05. The highest BCUT2D eigenvalue weighted by molar-refractivity contribution is 7.89. The SMILES string of the molecule is CC(C)NS(=O)(=O)c1ccc(NC(=O)c2ccc(OC(F)F)cc2)cc1. The monoisotopic (exact) mass is 384 g/mol. The fourth-order valence-electron chi connectivity index (χ4n) is 2.09. The van der Waals surface area contributed by atoms with Crippen molar-refractivity contribution in [3.63, 3.8) is 0 Å². The number of rotatable bonds is 7. The third-order valence-electron chi connectivity index (χ3n) is 3.16. The minimum atomic E-state index is -3.61. The van der Waals surface area contributed by atoms with Crippen LogP contribution < -0.4 is 14.8 Å². The molecule has 0 aliphatic carbocycles. The average Bonchev–Trinajstić information content (AvgIpc) is 2.54. The molecule has 0 unspecified atom stereocenters. The minimum Gasteiger partial charge on any atom is -0.435 e. The van der Waals surface area contributed by atoms with Gasteiger partial charge in [-0.05, 0) is 62.4 Å². The fraction of sp³-hybridized carbons (Fsp3) is 0.235. The van der Waals surface area contributed by atoms with Gasteiger partial charge < -0.3 is 10.1 Å². The molecule has 0 aliphatic heterocycles. The molecule has 2 aromatic rings. The number of carbonyl (C=O) groups is 1. The summed E-state index contributed by atoms with van der Waals surface area (Å²) in [5, 5.41) is 2.59. The average molecular weight is 384 g/mol. The summed E-state index contributed by atoms with van der Waals surface area (Å²) in [5.74, 6) is -0.520. The summed E-state index contributed by atoms with van der Waals surface area (Å²) in [6.45, 7) is 0.489. The number of carbonyl (C=O) groups excluding carboxylic acids is 1. The summed E-state index contributed by atoms with van der Waals surface area (Å²) in [4.78, 5) is 12.2. The lowest BCUT2D eigenvalue weighted by Crippen LogP contribution is -2.30. The first-order valence-corrected chi connectivity index (χ1v) is 9.14. The van der Waals surface area contributed by atoms with Crippen LogP contribution in [0, 0.1) is 0 Å². The van der Waals surface area contributed by atoms with E-state index in [0.717, 1.165) is 0 Å². The van der Waals surface area contributed by atoms with E-state index in [0.29, 0.717) is 5.69 Å². The highest BCUT2D eigenvalue weighted by Gasteiger charge is 2.15. The molecule has 0 heterocycles. The number of halogens is 2. The van der Waals surface area contributed by atoms with E-state index >= 15 is 0 Å². The van der Waals surface area contributed by atoms with E-state index < -0.39 is 22.5 Å². The first-order chi connectivity index (χ1) is 12.2. The molecule has 26 heavy (non-hydrogen) atoms. The summed E-state index contributed by atoms with van der Waals surface area (Å²) >= 11 is 0. The predicted molar refractivity (Wildman–Crippen MR) is 92.9 cm³/mol. The van der Waals surface area contributed by atoms with Crippen LogP contribution in [-0.2, 0) is 10.0 Å². The van der Waals surface area contributed by atoms with Gasteiger partial charge in [-0.3, -0.25) is 4.79 Å². The molecule has 0 saturated heterocycles. The van der Waals surface area contributed by atoms with Crippen molar-refractivity contribution in [2.75, 3.05) is 5.32 Å². The molecular formula is C17H18F2N2O4S. The van der Waals surface area contributed by atoms with Crippen LogP contribution in [0.15, 0.2) is 53.4 Å². The number of hydrogen-bond acceptors (Lipinski definition) is 4. The van der Waals surface area contributed by atoms with Gasteiger partial charge in [-0.25, -0.2) is 13.1 Å². The molecule has 6 nitrogen and oxygen atoms in total. The molecule has 140 valence electrons. The second-order valence-corrected chi connectivity index (χ2v) is 7.37. The van der Waals surface area contributed by atoms with Crippen molar-refractivity contribution in [1.29, 1.82) is 0 Å². The standard InChI is InChI=1S/C17H18F2N2O4S/c1-11(2)21-26(23,24)15-9-5-13(6-10-15)20-16(22)12-3-7-14(8-4-12)25-17(18)19/h3-11,17,21H,1-2H3,(H,20,22). The smallest absolute Gasteiger partial charge is 0.387 e. The van der Waals surface area contributed by atoms with Crippen molar-refractivity contribution >= 4 is 21.6 Å². The molecule has 2 rings (SSSR count). The maximum absolute atomic E-state index is 12.1. The molecule has 2 aromatic carbocycles. The van der Waals surface area contributed by atoms with E-state index in [9.17, 15) is 22.0 Å². The molecular weight excluding hydrogens is 366 g/mol. The molecule has 0 spiro atoms. The largest absolute Gasteiger partial charge is 0.435 e. The number of anilines is 1. The Labute approximate surface area is 150 Å². The number of sulfonamides is 1. The lowest BCUT2D eigenvalue weighted by atomic mass is 10.2. The van der Waals surface area contributed by atoms with Gasteiger partial charge in [-0.1, -0.05) is 0 Å². The predicted octanol–water partition coefficient (Wildman–Crippen LogP) is 3.23. The van der Waals surface area contributed by atoms with Crippen LogP contribution >= 0.6 is 0 Å². The van der Waals surface area contributed by atoms with E-state index in [1.165, 1.54) is 48.5 Å². The zero-order valence-electron chi connectivity index (χ0n) is 14.1. The summed E-state index contributed by atoms with van der Waals surface area (Å²) in [7, 11) is -3.61. The zero-order chi connectivity index (χ0) is 19.3. The number of ether oxygens (including phenoxy) is 1. The summed E-state index contributed by atoms with van der Waals surface area (Å²) < 4.78 is 55.0. The highest BCUT2D eigenvalue weighted by atomic mass is 32.2. The second kappa shape index (κ2) is 8.24. The molecule has 0 bridgehead atoms. The summed E-state index contributed by atoms with van der Waals surface area (Å²) in [5.41, 5.74) is 0.635. The highest BCUT2D eigenvalue weighted by Crippen LogP contribution is 2.18. The molecule has 0 aliphatic rings. The van der Waals surface area contributed by atoms with Crippen LogP contribution in [0.2, 0.25) is 0 Å². The maximum atomic E-state index is 12.1. The van der Waals surface area contributed by atoms with Gasteiger partial charge >= 0.3 is 6.61 Å². The van der Waals surface area contributed by atoms with Crippen molar-refractivity contribution in [2.24, 2.45) is 0 Å². The van der Waals surface area contributed by atoms with Gasteiger partial charge in [0.25, 0.3) is 5.91 Å². The van der Waals surface area contributed by atoms with Gasteiger partial charge in [-0.15, -0.1) is 0 Å². The molecule has 2 N–H and O–H groups in total. The Morgan fingerprint density at radius 1 is 1.00 bits per heavy atom. The van der Waals surface area contributed by atoms with E-state index in [1.807, 2.05) is 0 Å². The summed E-state index contributed by atoms with van der Waals surface area (Å²) in [6, 6.07) is 10.6. The molecule has 0 radical (unpaired) electrons. The lowest BCUT2D eigenvalue weighted by Gasteiger charge is -2.11. The summed E-state index contributed by atoms with van der Waals surface area (Å²) in [6.07, 6.45) is 0. The quantitative estimate of drug-likeness (QED) is 0.768. The van der Waals surface area contributed by atoms with Crippen LogP contribution in [0.25, 0.3) is 0 Å². The van der Waals surface area contributed by atoms with Crippen molar-refractivity contribution in [2.45, 2.75) is 31.4 Å². The Morgan fingerprint density at radius 2 is 1.58 bits per heavy atom. The van der Waals surface area contributed by atoms with E-state index in [-0.39, 0.29) is 22.3 Å². The van der Waals surface area contributed by atoms with Crippen LogP contribution in [0.1, 0.15) is 24.2 Å². The van der Waals surface area contributed by atoms with Crippen molar-refractivity contribution in [3.05, 3.63) is 54.1 Å². The topological polar surface area (TPSA) is 84.5 Å². The molecule has 0 saturated carbocycles. The minimum absolute atomic E-state index is 0.0521. The molecule has 1 amide bonds. The zero-order valence-corrected chi connectivity index (χ0v) is 14.9. The molecule has 0 fully saturated rings. The second-order valence-electron chi connectivity index (χ2n) is 5.66. The van der Waals surface area contributed by atoms with Crippen LogP contribution in [0.5, 0.6) is 5.75 Å². The maximum Gasteiger partial charge on any atom is 0.387 e. The number of alkyl halides is 2. The first kappa shape index (κ1) is 19.8. The van der Waals surface area contributed by atoms with Gasteiger partial charge in [-0.2, -0.15) is 8.78 Å². The Kier molecular flexibility index (Phi) is 6.27. The van der Waals surface area contributed by atoms with E-state index in [1.54, 1.807) is 13.8 Å². The van der Waals surface area contributed by atoms with E-state index in [2.05, 4.69) is 14.8 Å². The fourth-order valence-corrected chi connectivity index (χ4v) is 3.34. The van der Waals surface area contributed by atoms with E-state index in [4.69, 9.17) is 0 Å². The molecule has 0 aromatic heterocycles. The van der Waals surface area contributed by atoms with Crippen molar-refractivity contribution in [1.82, 2.24) is 4.72 Å². The van der Waals surface area contributed by atoms with Crippen LogP contribution in [0.4, 0.5) is 14.5 Å². The van der Waals surface area contributed by atoms with Gasteiger partial charge in [0, 0.05) is 17.3 Å². The van der Waals surface area contributed by atoms with Gasteiger partial charge in [0.15, 0.2) is 0 Å².